The van der Waals surface area contributed by atoms with Gasteiger partial charge in [0.25, 0.3) is 13.6 Å². The highest BCUT2D eigenvalue weighted by Gasteiger charge is 2.32. The molecule has 0 fully saturated rings. The number of rotatable bonds is 8. The van der Waals surface area contributed by atoms with Crippen LogP contribution in [-0.2, 0) is 35.0 Å². The summed E-state index contributed by atoms with van der Waals surface area (Å²) in [6.45, 7) is -0.320. The van der Waals surface area contributed by atoms with Crippen LogP contribution in [0.1, 0.15) is 22.4 Å². The molecule has 1 atom stereocenters. The van der Waals surface area contributed by atoms with Crippen LogP contribution in [0, 0.1) is 0 Å². The monoisotopic (exact) mass is 509 g/mol. The number of hydrogen-bond donors (Lipinski definition) is 2. The van der Waals surface area contributed by atoms with Crippen molar-refractivity contribution in [1.29, 1.82) is 0 Å². The van der Waals surface area contributed by atoms with Crippen LogP contribution in [0.3, 0.4) is 0 Å². The summed E-state index contributed by atoms with van der Waals surface area (Å²) < 4.78 is 61.2. The van der Waals surface area contributed by atoms with Gasteiger partial charge in [0, 0.05) is 18.7 Å². The third-order valence-electron chi connectivity index (χ3n) is 5.01. The van der Waals surface area contributed by atoms with Gasteiger partial charge in [0.2, 0.25) is 0 Å². The van der Waals surface area contributed by atoms with Crippen molar-refractivity contribution in [2.45, 2.75) is 25.9 Å². The number of benzene rings is 1. The average Bonchev–Trinajstić information content (AvgIpc) is 3.43. The summed E-state index contributed by atoms with van der Waals surface area (Å²) in [6, 6.07) is 12.2. The van der Waals surface area contributed by atoms with Crippen molar-refractivity contribution >= 4 is 13.6 Å². The fourth-order valence-corrected chi connectivity index (χ4v) is 3.57. The van der Waals surface area contributed by atoms with E-state index in [0.717, 1.165) is 23.5 Å². The summed E-state index contributed by atoms with van der Waals surface area (Å²) in [6.07, 6.45) is -0.792. The number of nitrogens with zero attached hydrogens (tertiary/aromatic N) is 4. The van der Waals surface area contributed by atoms with Crippen LogP contribution in [0.5, 0.6) is 0 Å². The van der Waals surface area contributed by atoms with E-state index in [2.05, 4.69) is 14.8 Å². The molecule has 35 heavy (non-hydrogen) atoms. The van der Waals surface area contributed by atoms with E-state index in [9.17, 15) is 22.6 Å². The molecule has 0 aliphatic rings. The van der Waals surface area contributed by atoms with E-state index in [1.807, 2.05) is 12.1 Å². The molecule has 0 bridgehead atoms. The van der Waals surface area contributed by atoms with Gasteiger partial charge in [-0.05, 0) is 23.3 Å². The van der Waals surface area contributed by atoms with Crippen molar-refractivity contribution in [3.8, 4) is 11.3 Å². The molecule has 1 aromatic carbocycles. The Morgan fingerprint density at radius 1 is 1.23 bits per heavy atom. The lowest BCUT2D eigenvalue weighted by Gasteiger charge is -2.14. The topological polar surface area (TPSA) is 143 Å². The minimum Gasteiger partial charge on any atom is -0.756 e. The molecule has 0 aliphatic heterocycles. The van der Waals surface area contributed by atoms with Crippen molar-refractivity contribution in [3.05, 3.63) is 83.4 Å². The van der Waals surface area contributed by atoms with E-state index >= 15 is 0 Å². The molecule has 0 amide bonds. The van der Waals surface area contributed by atoms with E-state index in [1.54, 1.807) is 30.3 Å². The molecule has 10 nitrogen and oxygen atoms in total. The highest BCUT2D eigenvalue weighted by molar-refractivity contribution is 7.44. The molecule has 0 radical (unpaired) electrons. The number of alkyl halides is 3. The summed E-state index contributed by atoms with van der Waals surface area (Å²) in [5, 5.41) is 7.78. The van der Waals surface area contributed by atoms with Crippen LogP contribution in [0.15, 0.2) is 65.6 Å². The normalized spacial score (nSPS) is 13.6. The first-order chi connectivity index (χ1) is 16.5. The van der Waals surface area contributed by atoms with E-state index < -0.39 is 26.3 Å². The van der Waals surface area contributed by atoms with Gasteiger partial charge in [-0.3, -0.25) is 19.5 Å². The molecule has 0 saturated heterocycles. The van der Waals surface area contributed by atoms with Gasteiger partial charge in [-0.2, -0.15) is 18.3 Å². The van der Waals surface area contributed by atoms with Crippen LogP contribution >= 0.6 is 7.82 Å². The largest absolute Gasteiger partial charge is 0.756 e. The number of pyridine rings is 1. The molecule has 0 spiro atoms. The lowest BCUT2D eigenvalue weighted by atomic mass is 10.1. The lowest BCUT2D eigenvalue weighted by molar-refractivity contribution is -0.712. The Kier molecular flexibility index (Phi) is 6.77. The van der Waals surface area contributed by atoms with E-state index in [0.29, 0.717) is 23.4 Å². The van der Waals surface area contributed by atoms with Crippen LogP contribution < -0.4 is 15.2 Å². The Hall–Kier alpha value is -3.51. The molecule has 3 aromatic heterocycles. The van der Waals surface area contributed by atoms with Gasteiger partial charge in [-0.1, -0.05) is 29.4 Å². The smallest absolute Gasteiger partial charge is 0.419 e. The second kappa shape index (κ2) is 9.62. The zero-order valence-electron chi connectivity index (χ0n) is 17.9. The highest BCUT2D eigenvalue weighted by Crippen LogP contribution is 2.31. The third-order valence-corrected chi connectivity index (χ3v) is 5.45. The molecule has 4 aromatic rings. The SMILES string of the molecule is Nc1c(-c2cc(Cc3ccc(Cn4cc(C(F)(F)F)cn4)cc3)no2)ccc[n+]1COP(=O)([O-])O. The molecule has 1 unspecified atom stereocenters. The number of phosphoric acid groups is 1. The maximum Gasteiger partial charge on any atom is 0.419 e. The van der Waals surface area contributed by atoms with Crippen LogP contribution in [0.2, 0.25) is 0 Å². The average molecular weight is 509 g/mol. The molecule has 4 rings (SSSR count). The molecule has 0 aliphatic carbocycles. The Labute approximate surface area is 196 Å². The van der Waals surface area contributed by atoms with E-state index in [-0.39, 0.29) is 12.4 Å². The summed E-state index contributed by atoms with van der Waals surface area (Å²) in [7, 11) is -4.91. The highest BCUT2D eigenvalue weighted by atomic mass is 31.2. The van der Waals surface area contributed by atoms with Gasteiger partial charge in [0.1, 0.15) is 5.56 Å². The quantitative estimate of drug-likeness (QED) is 0.272. The van der Waals surface area contributed by atoms with Gasteiger partial charge in [-0.15, -0.1) is 0 Å². The Balaban J connectivity index is 1.42. The van der Waals surface area contributed by atoms with E-state index in [1.165, 1.54) is 15.4 Å². The number of aromatic nitrogens is 4. The number of hydrogen-bond acceptors (Lipinski definition) is 7. The Bertz CT molecular complexity index is 1360. The summed E-state index contributed by atoms with van der Waals surface area (Å²) in [5.74, 6) is 0.484. The summed E-state index contributed by atoms with van der Waals surface area (Å²) >= 11 is 0. The molecule has 0 saturated carbocycles. The van der Waals surface area contributed by atoms with Gasteiger partial charge in [0.05, 0.1) is 30.2 Å². The van der Waals surface area contributed by atoms with Crippen LogP contribution in [-0.4, -0.2) is 19.8 Å². The van der Waals surface area contributed by atoms with Crippen molar-refractivity contribution in [2.24, 2.45) is 0 Å². The second-order valence-electron chi connectivity index (χ2n) is 7.60. The first-order valence-corrected chi connectivity index (χ1v) is 11.6. The molecular weight excluding hydrogens is 490 g/mol. The minimum absolute atomic E-state index is 0.139. The lowest BCUT2D eigenvalue weighted by Crippen LogP contribution is -2.38. The van der Waals surface area contributed by atoms with Crippen molar-refractivity contribution in [2.75, 3.05) is 5.73 Å². The fraction of sp³-hybridized carbons (Fsp3) is 0.190. The van der Waals surface area contributed by atoms with E-state index in [4.69, 9.17) is 15.2 Å². The number of nitrogens with two attached hydrogens (primary N) is 1. The third kappa shape index (κ3) is 6.34. The maximum atomic E-state index is 12.7. The van der Waals surface area contributed by atoms with Gasteiger partial charge in [-0.25, -0.2) is 4.57 Å². The summed E-state index contributed by atoms with van der Waals surface area (Å²) in [5.41, 5.74) is 7.98. The first-order valence-electron chi connectivity index (χ1n) is 10.1. The zero-order chi connectivity index (χ0) is 25.2. The van der Waals surface area contributed by atoms with Crippen LogP contribution in [0.25, 0.3) is 11.3 Å². The number of phosphoric ester groups is 1. The predicted molar refractivity (Wildman–Crippen MR) is 113 cm³/mol. The fourth-order valence-electron chi connectivity index (χ4n) is 3.30. The number of anilines is 1. The molecule has 3 N–H and O–H groups in total. The molecular formula is C21H19F3N5O5P. The van der Waals surface area contributed by atoms with Gasteiger partial charge < -0.3 is 14.3 Å². The molecule has 14 heteroatoms. The number of halogens is 3. The van der Waals surface area contributed by atoms with Gasteiger partial charge >= 0.3 is 6.18 Å². The Morgan fingerprint density at radius 3 is 2.60 bits per heavy atom. The summed E-state index contributed by atoms with van der Waals surface area (Å²) in [4.78, 5) is 19.6. The van der Waals surface area contributed by atoms with Crippen molar-refractivity contribution in [1.82, 2.24) is 14.9 Å². The zero-order valence-corrected chi connectivity index (χ0v) is 18.8. The van der Waals surface area contributed by atoms with Gasteiger partial charge in [0.15, 0.2) is 12.5 Å². The Morgan fingerprint density at radius 2 is 1.94 bits per heavy atom. The van der Waals surface area contributed by atoms with Crippen molar-refractivity contribution in [3.63, 3.8) is 0 Å². The number of nitrogen functional groups attached to an aromatic ring is 1. The molecule has 3 heterocycles. The minimum atomic E-state index is -4.91. The van der Waals surface area contributed by atoms with Crippen molar-refractivity contribution < 1.29 is 41.1 Å². The molecule has 184 valence electrons. The first kappa shape index (κ1) is 24.6. The predicted octanol–water partition coefficient (Wildman–Crippen LogP) is 2.50. The van der Waals surface area contributed by atoms with Crippen LogP contribution in [0.4, 0.5) is 19.0 Å². The second-order valence-corrected chi connectivity index (χ2v) is 8.80. The maximum absolute atomic E-state index is 12.7. The standard InChI is InChI=1S/C21H19F3N5O5P/c22-21(23,24)16-10-26-29(12-16)11-15-5-3-14(4-6-15)8-17-9-19(34-27-17)18-2-1-7-28(20(18)25)13-33-35(30,31)32/h1-7,9-10,12,25H,8,11,13H2,(H2,30,31,32).